The predicted octanol–water partition coefficient (Wildman–Crippen LogP) is 2.65. The van der Waals surface area contributed by atoms with E-state index in [1.807, 2.05) is 19.1 Å². The second kappa shape index (κ2) is 3.91. The fourth-order valence-corrected chi connectivity index (χ4v) is 1.82. The molecule has 0 aromatic carbocycles. The van der Waals surface area contributed by atoms with Crippen LogP contribution in [0.2, 0.25) is 0 Å². The van der Waals surface area contributed by atoms with E-state index in [0.717, 1.165) is 12.8 Å². The number of allylic oxidation sites excluding steroid dienone is 1. The highest BCUT2D eigenvalue weighted by Gasteiger charge is 2.23. The third-order valence-corrected chi connectivity index (χ3v) is 2.45. The molecular weight excluding hydrogens is 136 g/mol. The Morgan fingerprint density at radius 2 is 1.64 bits per heavy atom. The number of aliphatic hydroxyl groups is 1. The number of hydrogen-bond acceptors (Lipinski definition) is 1. The lowest BCUT2D eigenvalue weighted by atomic mass is 9.94. The maximum absolute atomic E-state index is 9.96. The quantitative estimate of drug-likeness (QED) is 0.454. The van der Waals surface area contributed by atoms with Crippen LogP contribution < -0.4 is 0 Å². The Hall–Kier alpha value is -0.300. The van der Waals surface area contributed by atoms with Gasteiger partial charge in [0.05, 0.1) is 5.60 Å². The summed E-state index contributed by atoms with van der Waals surface area (Å²) in [5, 5.41) is 9.96. The highest BCUT2D eigenvalue weighted by Crippen LogP contribution is 2.27. The zero-order chi connectivity index (χ0) is 8.16. The molecule has 1 N–H and O–H groups in total. The normalized spacial score (nSPS) is 25.3. The lowest BCUT2D eigenvalue weighted by Crippen LogP contribution is -2.24. The third-order valence-electron chi connectivity index (χ3n) is 2.45. The summed E-state index contributed by atoms with van der Waals surface area (Å²) in [7, 11) is 0. The second-order valence-electron chi connectivity index (χ2n) is 3.52. The summed E-state index contributed by atoms with van der Waals surface area (Å²) in [6.07, 6.45) is 10.8. The average Bonchev–Trinajstić information content (AvgIpc) is 2.15. The van der Waals surface area contributed by atoms with Crippen LogP contribution >= 0.6 is 0 Å². The lowest BCUT2D eigenvalue weighted by Gasteiger charge is -2.21. The van der Waals surface area contributed by atoms with Crippen molar-refractivity contribution in [2.24, 2.45) is 0 Å². The molecule has 0 heterocycles. The monoisotopic (exact) mass is 154 g/mol. The number of rotatable bonds is 1. The van der Waals surface area contributed by atoms with E-state index in [0.29, 0.717) is 0 Å². The molecule has 0 atom stereocenters. The summed E-state index contributed by atoms with van der Waals surface area (Å²) >= 11 is 0. The summed E-state index contributed by atoms with van der Waals surface area (Å²) < 4.78 is 0. The summed E-state index contributed by atoms with van der Waals surface area (Å²) in [4.78, 5) is 0. The first kappa shape index (κ1) is 8.79. The maximum Gasteiger partial charge on any atom is 0.0827 e. The van der Waals surface area contributed by atoms with Crippen LogP contribution in [0.15, 0.2) is 12.2 Å². The van der Waals surface area contributed by atoms with E-state index in [1.54, 1.807) is 0 Å². The van der Waals surface area contributed by atoms with Crippen molar-refractivity contribution < 1.29 is 5.11 Å². The standard InChI is InChI=1S/C10H18O/c1-2-7-10(11)8-5-3-4-6-9-10/h2,7,11H,3-6,8-9H2,1H3/b7-2-. The van der Waals surface area contributed by atoms with Crippen LogP contribution in [0.3, 0.4) is 0 Å². The van der Waals surface area contributed by atoms with Crippen LogP contribution in [0, 0.1) is 0 Å². The van der Waals surface area contributed by atoms with E-state index in [1.165, 1.54) is 25.7 Å². The van der Waals surface area contributed by atoms with Crippen LogP contribution in [0.5, 0.6) is 0 Å². The van der Waals surface area contributed by atoms with Gasteiger partial charge >= 0.3 is 0 Å². The summed E-state index contributed by atoms with van der Waals surface area (Å²) in [5.41, 5.74) is -0.467. The van der Waals surface area contributed by atoms with Crippen molar-refractivity contribution in [3.05, 3.63) is 12.2 Å². The van der Waals surface area contributed by atoms with Gasteiger partial charge in [0, 0.05) is 0 Å². The van der Waals surface area contributed by atoms with Gasteiger partial charge in [-0.3, -0.25) is 0 Å². The molecule has 1 heteroatoms. The van der Waals surface area contributed by atoms with Crippen molar-refractivity contribution in [2.75, 3.05) is 0 Å². The highest BCUT2D eigenvalue weighted by atomic mass is 16.3. The minimum Gasteiger partial charge on any atom is -0.386 e. The van der Waals surface area contributed by atoms with E-state index in [9.17, 15) is 5.11 Å². The van der Waals surface area contributed by atoms with Gasteiger partial charge in [0.2, 0.25) is 0 Å². The fraction of sp³-hybridized carbons (Fsp3) is 0.800. The van der Waals surface area contributed by atoms with Crippen molar-refractivity contribution >= 4 is 0 Å². The molecule has 0 aliphatic heterocycles. The minimum atomic E-state index is -0.467. The van der Waals surface area contributed by atoms with Crippen LogP contribution in [0.1, 0.15) is 45.4 Å². The van der Waals surface area contributed by atoms with Crippen LogP contribution in [0.25, 0.3) is 0 Å². The molecule has 1 rings (SSSR count). The first-order chi connectivity index (χ1) is 5.27. The molecule has 1 aliphatic carbocycles. The molecule has 0 radical (unpaired) electrons. The Balaban J connectivity index is 2.51. The molecule has 0 bridgehead atoms. The van der Waals surface area contributed by atoms with Crippen molar-refractivity contribution in [3.63, 3.8) is 0 Å². The van der Waals surface area contributed by atoms with E-state index in [-0.39, 0.29) is 0 Å². The molecule has 0 saturated heterocycles. The van der Waals surface area contributed by atoms with E-state index in [4.69, 9.17) is 0 Å². The Bertz CT molecular complexity index is 130. The van der Waals surface area contributed by atoms with Gasteiger partial charge in [0.1, 0.15) is 0 Å². The van der Waals surface area contributed by atoms with Crippen LogP contribution in [-0.2, 0) is 0 Å². The van der Waals surface area contributed by atoms with Crippen LogP contribution in [-0.4, -0.2) is 10.7 Å². The van der Waals surface area contributed by atoms with Gasteiger partial charge in [-0.05, 0) is 19.8 Å². The molecule has 1 nitrogen and oxygen atoms in total. The van der Waals surface area contributed by atoms with Gasteiger partial charge in [-0.15, -0.1) is 0 Å². The van der Waals surface area contributed by atoms with E-state index < -0.39 is 5.60 Å². The number of hydrogen-bond donors (Lipinski definition) is 1. The molecule has 11 heavy (non-hydrogen) atoms. The SMILES string of the molecule is C/C=C\C1(O)CCCCCC1. The highest BCUT2D eigenvalue weighted by molar-refractivity contribution is 5.00. The van der Waals surface area contributed by atoms with E-state index in [2.05, 4.69) is 0 Å². The predicted molar refractivity (Wildman–Crippen MR) is 47.5 cm³/mol. The van der Waals surface area contributed by atoms with Gasteiger partial charge in [-0.25, -0.2) is 0 Å². The van der Waals surface area contributed by atoms with Crippen molar-refractivity contribution in [3.8, 4) is 0 Å². The zero-order valence-electron chi connectivity index (χ0n) is 7.34. The minimum absolute atomic E-state index is 0.467. The molecule has 0 amide bonds. The smallest absolute Gasteiger partial charge is 0.0827 e. The third kappa shape index (κ3) is 2.66. The van der Waals surface area contributed by atoms with Gasteiger partial charge in [-0.2, -0.15) is 0 Å². The van der Waals surface area contributed by atoms with Crippen LogP contribution in [0.4, 0.5) is 0 Å². The molecule has 1 saturated carbocycles. The van der Waals surface area contributed by atoms with Gasteiger partial charge in [0.15, 0.2) is 0 Å². The Kier molecular flexibility index (Phi) is 3.13. The van der Waals surface area contributed by atoms with Crippen molar-refractivity contribution in [1.82, 2.24) is 0 Å². The average molecular weight is 154 g/mol. The molecule has 1 fully saturated rings. The second-order valence-corrected chi connectivity index (χ2v) is 3.52. The maximum atomic E-state index is 9.96. The largest absolute Gasteiger partial charge is 0.386 e. The summed E-state index contributed by atoms with van der Waals surface area (Å²) in [6, 6.07) is 0. The van der Waals surface area contributed by atoms with Gasteiger partial charge in [-0.1, -0.05) is 37.8 Å². The molecule has 0 spiro atoms. The summed E-state index contributed by atoms with van der Waals surface area (Å²) in [5.74, 6) is 0. The Morgan fingerprint density at radius 1 is 1.09 bits per heavy atom. The van der Waals surface area contributed by atoms with E-state index >= 15 is 0 Å². The van der Waals surface area contributed by atoms with Crippen molar-refractivity contribution in [2.45, 2.75) is 51.0 Å². The van der Waals surface area contributed by atoms with Crippen molar-refractivity contribution in [1.29, 1.82) is 0 Å². The first-order valence-corrected chi connectivity index (χ1v) is 4.63. The molecule has 1 aliphatic rings. The fourth-order valence-electron chi connectivity index (χ4n) is 1.82. The van der Waals surface area contributed by atoms with Gasteiger partial charge < -0.3 is 5.11 Å². The lowest BCUT2D eigenvalue weighted by molar-refractivity contribution is 0.0746. The van der Waals surface area contributed by atoms with Gasteiger partial charge in [0.25, 0.3) is 0 Å². The topological polar surface area (TPSA) is 20.2 Å². The zero-order valence-corrected chi connectivity index (χ0v) is 7.34. The molecule has 64 valence electrons. The first-order valence-electron chi connectivity index (χ1n) is 4.63. The summed E-state index contributed by atoms with van der Waals surface area (Å²) in [6.45, 7) is 1.98. The molecular formula is C10H18O. The Morgan fingerprint density at radius 3 is 2.09 bits per heavy atom. The molecule has 0 unspecified atom stereocenters. The molecule has 0 aromatic heterocycles. The molecule has 0 aromatic rings. The Labute approximate surface area is 69.1 Å².